The van der Waals surface area contributed by atoms with Gasteiger partial charge in [-0.05, 0) is 39.7 Å². The molecule has 0 unspecified atom stereocenters. The van der Waals surface area contributed by atoms with Gasteiger partial charge in [0.05, 0.1) is 35.7 Å². The van der Waals surface area contributed by atoms with Crippen LogP contribution in [0.2, 0.25) is 0 Å². The summed E-state index contributed by atoms with van der Waals surface area (Å²) in [5.74, 6) is -0.124. The Morgan fingerprint density at radius 2 is 1.59 bits per heavy atom. The van der Waals surface area contributed by atoms with Gasteiger partial charge in [0, 0.05) is 63.8 Å². The highest BCUT2D eigenvalue weighted by molar-refractivity contribution is 6.25. The van der Waals surface area contributed by atoms with Crippen molar-refractivity contribution in [3.8, 4) is 11.3 Å². The number of hydrogen-bond donors (Lipinski definition) is 3. The highest BCUT2D eigenvalue weighted by Gasteiger charge is 2.38. The second kappa shape index (κ2) is 12.1. The first-order valence-electron chi connectivity index (χ1n) is 15.3. The number of hydrazine groups is 1. The number of likely N-dealkylation sites (tertiary alicyclic amines) is 1. The first-order valence-corrected chi connectivity index (χ1v) is 15.3. The van der Waals surface area contributed by atoms with Gasteiger partial charge in [-0.1, -0.05) is 12.1 Å². The van der Waals surface area contributed by atoms with Crippen LogP contribution in [-0.4, -0.2) is 125 Å². The number of urea groups is 2. The third-order valence-corrected chi connectivity index (χ3v) is 8.46. The summed E-state index contributed by atoms with van der Waals surface area (Å²) in [4.78, 5) is 57.4. The van der Waals surface area contributed by atoms with Gasteiger partial charge in [-0.15, -0.1) is 0 Å². The molecule has 2 aromatic rings. The van der Waals surface area contributed by atoms with E-state index in [0.29, 0.717) is 106 Å². The highest BCUT2D eigenvalue weighted by atomic mass is 16.6. The molecule has 236 valence electrons. The van der Waals surface area contributed by atoms with E-state index < -0.39 is 11.6 Å². The van der Waals surface area contributed by atoms with Crippen LogP contribution in [0.15, 0.2) is 18.2 Å². The number of anilines is 1. The molecular formula is C30H40N8O6. The van der Waals surface area contributed by atoms with E-state index in [1.807, 2.05) is 31.7 Å². The number of benzene rings is 1. The summed E-state index contributed by atoms with van der Waals surface area (Å²) in [5, 5.41) is 12.3. The summed E-state index contributed by atoms with van der Waals surface area (Å²) in [6.45, 7) is 10.7. The molecule has 4 aliphatic rings. The van der Waals surface area contributed by atoms with E-state index in [2.05, 4.69) is 20.9 Å². The number of ether oxygens (including phenoxy) is 2. The van der Waals surface area contributed by atoms with Crippen molar-refractivity contribution in [2.75, 3.05) is 70.9 Å². The van der Waals surface area contributed by atoms with Crippen molar-refractivity contribution in [3.05, 3.63) is 35.0 Å². The topological polar surface area (TPSA) is 152 Å². The van der Waals surface area contributed by atoms with Gasteiger partial charge in [-0.25, -0.2) is 19.4 Å². The van der Waals surface area contributed by atoms with Crippen molar-refractivity contribution < 1.29 is 28.7 Å². The number of nitrogens with one attached hydrogen (secondary N) is 3. The van der Waals surface area contributed by atoms with Gasteiger partial charge in [0.25, 0.3) is 0 Å². The summed E-state index contributed by atoms with van der Waals surface area (Å²) in [6.07, 6.45) is 1.03. The zero-order valence-corrected chi connectivity index (χ0v) is 25.5. The van der Waals surface area contributed by atoms with E-state index in [4.69, 9.17) is 9.47 Å². The fourth-order valence-corrected chi connectivity index (χ4v) is 6.23. The number of carbonyl (C=O) groups is 4. The van der Waals surface area contributed by atoms with E-state index in [9.17, 15) is 19.2 Å². The number of hydrogen-bond acceptors (Lipinski definition) is 8. The lowest BCUT2D eigenvalue weighted by Gasteiger charge is -2.39. The quantitative estimate of drug-likeness (QED) is 0.411. The molecule has 3 N–H and O–H groups in total. The van der Waals surface area contributed by atoms with E-state index >= 15 is 0 Å². The first-order chi connectivity index (χ1) is 21.1. The molecule has 0 atom stereocenters. The maximum Gasteiger partial charge on any atom is 0.410 e. The van der Waals surface area contributed by atoms with Crippen LogP contribution in [0.5, 0.6) is 0 Å². The normalized spacial score (nSPS) is 19.4. The van der Waals surface area contributed by atoms with Crippen LogP contribution in [0.1, 0.15) is 61.1 Å². The molecular weight excluding hydrogens is 568 g/mol. The van der Waals surface area contributed by atoms with Crippen molar-refractivity contribution in [2.45, 2.75) is 45.1 Å². The van der Waals surface area contributed by atoms with Crippen LogP contribution in [-0.2, 0) is 9.47 Å². The molecule has 1 aromatic carbocycles. The van der Waals surface area contributed by atoms with Crippen molar-refractivity contribution in [2.24, 2.45) is 0 Å². The summed E-state index contributed by atoms with van der Waals surface area (Å²) in [5.41, 5.74) is 5.75. The number of H-pyrrole nitrogens is 1. The Hall–Kier alpha value is -4.17. The third-order valence-electron chi connectivity index (χ3n) is 8.46. The van der Waals surface area contributed by atoms with Crippen molar-refractivity contribution in [1.29, 1.82) is 0 Å². The van der Waals surface area contributed by atoms with Crippen LogP contribution in [0.25, 0.3) is 11.3 Å². The van der Waals surface area contributed by atoms with Crippen LogP contribution in [0.4, 0.5) is 20.1 Å². The monoisotopic (exact) mass is 608 g/mol. The number of nitrogens with zero attached hydrogens (tertiary/aromatic N) is 5. The molecule has 5 amide bonds. The van der Waals surface area contributed by atoms with Crippen LogP contribution in [0.3, 0.4) is 0 Å². The number of rotatable bonds is 3. The maximum atomic E-state index is 13.8. The molecule has 0 spiro atoms. The average molecular weight is 609 g/mol. The Morgan fingerprint density at radius 1 is 0.932 bits per heavy atom. The second-order valence-electron chi connectivity index (χ2n) is 12.6. The Kier molecular flexibility index (Phi) is 8.20. The van der Waals surface area contributed by atoms with Gasteiger partial charge < -0.3 is 29.5 Å². The molecule has 0 bridgehead atoms. The molecule has 1 aromatic heterocycles. The standard InChI is InChI=1S/C30H40N8O6/c1-30(2,3)44-29(42)37-13-11-36(12-14-37)28(41)35-9-7-19(8-10-35)24-23-25(33-32-24)20-5-4-6-21(22(20)26(23)39)31-27(40)34-38-15-17-43-18-16-38/h4-6,19H,7-18H2,1-3H3,(H,32,33)(H2,31,34,40). The molecule has 0 saturated carbocycles. The number of ketones is 1. The summed E-state index contributed by atoms with van der Waals surface area (Å²) in [7, 11) is 0. The number of piperazine rings is 1. The third kappa shape index (κ3) is 6.09. The van der Waals surface area contributed by atoms with Crippen molar-refractivity contribution >= 4 is 29.6 Å². The molecule has 14 heteroatoms. The number of aromatic amines is 1. The minimum absolute atomic E-state index is 0.0309. The molecule has 6 rings (SSSR count). The molecule has 3 aliphatic heterocycles. The van der Waals surface area contributed by atoms with Gasteiger partial charge in [0.15, 0.2) is 5.78 Å². The van der Waals surface area contributed by atoms with E-state index in [-0.39, 0.29) is 23.8 Å². The van der Waals surface area contributed by atoms with Crippen LogP contribution >= 0.6 is 0 Å². The van der Waals surface area contributed by atoms with Crippen molar-refractivity contribution in [3.63, 3.8) is 0 Å². The number of morpholine rings is 1. The van der Waals surface area contributed by atoms with Gasteiger partial charge in [0.1, 0.15) is 11.3 Å². The molecule has 1 aliphatic carbocycles. The minimum atomic E-state index is -0.560. The van der Waals surface area contributed by atoms with Gasteiger partial charge in [-0.3, -0.25) is 15.3 Å². The lowest BCUT2D eigenvalue weighted by Crippen LogP contribution is -2.55. The zero-order chi connectivity index (χ0) is 31.0. The SMILES string of the molecule is CC(C)(C)OC(=O)N1CCN(C(=O)N2CCC(c3[nH]nc4c3C(=O)c3c(NC(=O)NN5CCOCC5)cccc3-4)CC2)CC1. The predicted octanol–water partition coefficient (Wildman–Crippen LogP) is 2.84. The molecule has 4 heterocycles. The van der Waals surface area contributed by atoms with E-state index in [1.54, 1.807) is 26.9 Å². The lowest BCUT2D eigenvalue weighted by molar-refractivity contribution is 0.0154. The number of piperidine rings is 1. The fraction of sp³-hybridized carbons (Fsp3) is 0.567. The van der Waals surface area contributed by atoms with Crippen molar-refractivity contribution in [1.82, 2.24) is 35.3 Å². The zero-order valence-electron chi connectivity index (χ0n) is 25.5. The number of aromatic nitrogens is 2. The molecule has 3 fully saturated rings. The first kappa shape index (κ1) is 29.9. The van der Waals surface area contributed by atoms with E-state index in [1.165, 1.54) is 0 Å². The van der Waals surface area contributed by atoms with Crippen LogP contribution < -0.4 is 10.7 Å². The summed E-state index contributed by atoms with van der Waals surface area (Å²) in [6, 6.07) is 4.93. The Balaban J connectivity index is 1.05. The summed E-state index contributed by atoms with van der Waals surface area (Å²) >= 11 is 0. The highest BCUT2D eigenvalue weighted by Crippen LogP contribution is 2.43. The number of fused-ring (bicyclic) bond motifs is 3. The average Bonchev–Trinajstić information content (AvgIpc) is 3.56. The van der Waals surface area contributed by atoms with Crippen LogP contribution in [0, 0.1) is 0 Å². The maximum absolute atomic E-state index is 13.8. The number of carbonyl (C=O) groups excluding carboxylic acids is 4. The molecule has 3 saturated heterocycles. The Bertz CT molecular complexity index is 1430. The Labute approximate surface area is 256 Å². The molecule has 44 heavy (non-hydrogen) atoms. The van der Waals surface area contributed by atoms with Gasteiger partial charge in [0.2, 0.25) is 0 Å². The minimum Gasteiger partial charge on any atom is -0.444 e. The van der Waals surface area contributed by atoms with Gasteiger partial charge in [-0.2, -0.15) is 5.10 Å². The summed E-state index contributed by atoms with van der Waals surface area (Å²) < 4.78 is 10.8. The lowest BCUT2D eigenvalue weighted by atomic mass is 9.90. The molecule has 14 nitrogen and oxygen atoms in total. The fourth-order valence-electron chi connectivity index (χ4n) is 6.23. The van der Waals surface area contributed by atoms with E-state index in [0.717, 1.165) is 5.69 Å². The Morgan fingerprint density at radius 3 is 2.27 bits per heavy atom. The predicted molar refractivity (Wildman–Crippen MR) is 160 cm³/mol. The largest absolute Gasteiger partial charge is 0.444 e. The number of amides is 5. The second-order valence-corrected chi connectivity index (χ2v) is 12.6. The smallest absolute Gasteiger partial charge is 0.410 e. The van der Waals surface area contributed by atoms with Gasteiger partial charge >= 0.3 is 18.2 Å². The molecule has 0 radical (unpaired) electrons.